The Morgan fingerprint density at radius 1 is 1.36 bits per heavy atom. The molecule has 25 heavy (non-hydrogen) atoms. The molecule has 0 saturated carbocycles. The Bertz CT molecular complexity index is 726. The van der Waals surface area contributed by atoms with Crippen LogP contribution in [0.15, 0.2) is 23.6 Å². The normalized spacial score (nSPS) is 16.6. The van der Waals surface area contributed by atoms with E-state index in [0.717, 1.165) is 29.2 Å². The van der Waals surface area contributed by atoms with Gasteiger partial charge in [0, 0.05) is 23.5 Å². The minimum Gasteiger partial charge on any atom is -0.493 e. The summed E-state index contributed by atoms with van der Waals surface area (Å²) >= 11 is 1.52. The molecule has 7 heteroatoms. The number of nitrogens with one attached hydrogen (secondary N) is 2. The Morgan fingerprint density at radius 2 is 2.20 bits per heavy atom. The van der Waals surface area contributed by atoms with E-state index >= 15 is 0 Å². The van der Waals surface area contributed by atoms with E-state index in [2.05, 4.69) is 15.6 Å². The second kappa shape index (κ2) is 8.31. The smallest absolute Gasteiger partial charge is 0.226 e. The number of carbonyl (C=O) groups excluding carboxylic acids is 1. The third kappa shape index (κ3) is 4.49. The molecule has 1 unspecified atom stereocenters. The molecule has 0 bridgehead atoms. The predicted molar refractivity (Wildman–Crippen MR) is 98.4 cm³/mol. The van der Waals surface area contributed by atoms with Crippen molar-refractivity contribution >= 4 is 17.2 Å². The number of nitrogens with zero attached hydrogens (tertiary/aromatic N) is 1. The number of rotatable bonds is 7. The zero-order valence-electron chi connectivity index (χ0n) is 14.5. The average Bonchev–Trinajstić information content (AvgIpc) is 3.31. The summed E-state index contributed by atoms with van der Waals surface area (Å²) in [5, 5.41) is 9.15. The van der Waals surface area contributed by atoms with Crippen molar-refractivity contribution in [3.63, 3.8) is 0 Å². The van der Waals surface area contributed by atoms with Gasteiger partial charge in [-0.1, -0.05) is 0 Å². The summed E-state index contributed by atoms with van der Waals surface area (Å²) in [7, 11) is 3.22. The summed E-state index contributed by atoms with van der Waals surface area (Å²) in [6.07, 6.45) is 2.61. The SMILES string of the molecule is COc1ccc(-c2nc(CC(=O)NCC3CCCN3)cs2)cc1OC. The minimum atomic E-state index is 0.0119. The van der Waals surface area contributed by atoms with Crippen LogP contribution in [0.3, 0.4) is 0 Å². The van der Waals surface area contributed by atoms with Gasteiger partial charge in [-0.2, -0.15) is 0 Å². The number of thiazole rings is 1. The molecular weight excluding hydrogens is 338 g/mol. The highest BCUT2D eigenvalue weighted by molar-refractivity contribution is 7.13. The molecule has 0 radical (unpaired) electrons. The Balaban J connectivity index is 1.60. The van der Waals surface area contributed by atoms with Crippen LogP contribution in [-0.2, 0) is 11.2 Å². The molecule has 3 rings (SSSR count). The lowest BCUT2D eigenvalue weighted by Crippen LogP contribution is -2.37. The van der Waals surface area contributed by atoms with Crippen LogP contribution in [0.4, 0.5) is 0 Å². The fourth-order valence-corrected chi connectivity index (χ4v) is 3.70. The number of carbonyl (C=O) groups is 1. The number of hydrogen-bond acceptors (Lipinski definition) is 6. The molecule has 2 aromatic rings. The van der Waals surface area contributed by atoms with Crippen LogP contribution in [0.2, 0.25) is 0 Å². The van der Waals surface area contributed by atoms with Crippen LogP contribution in [0.25, 0.3) is 10.6 Å². The van der Waals surface area contributed by atoms with Crippen LogP contribution in [0.5, 0.6) is 11.5 Å². The molecule has 134 valence electrons. The number of aromatic nitrogens is 1. The van der Waals surface area contributed by atoms with Gasteiger partial charge in [0.05, 0.1) is 26.3 Å². The molecule has 1 amide bonds. The predicted octanol–water partition coefficient (Wildman–Crippen LogP) is 2.24. The van der Waals surface area contributed by atoms with E-state index in [0.29, 0.717) is 30.5 Å². The van der Waals surface area contributed by atoms with Crippen molar-refractivity contribution in [2.45, 2.75) is 25.3 Å². The maximum absolute atomic E-state index is 12.1. The van der Waals surface area contributed by atoms with Crippen LogP contribution in [0, 0.1) is 0 Å². The van der Waals surface area contributed by atoms with Crippen molar-refractivity contribution < 1.29 is 14.3 Å². The molecule has 0 spiro atoms. The second-order valence-corrected chi connectivity index (χ2v) is 6.85. The number of benzene rings is 1. The highest BCUT2D eigenvalue weighted by Gasteiger charge is 2.16. The number of amides is 1. The molecule has 1 saturated heterocycles. The second-order valence-electron chi connectivity index (χ2n) is 5.99. The van der Waals surface area contributed by atoms with Crippen molar-refractivity contribution in [1.29, 1.82) is 0 Å². The van der Waals surface area contributed by atoms with Crippen LogP contribution >= 0.6 is 11.3 Å². The third-order valence-electron chi connectivity index (χ3n) is 4.23. The summed E-state index contributed by atoms with van der Waals surface area (Å²) < 4.78 is 10.6. The van der Waals surface area contributed by atoms with Gasteiger partial charge in [0.2, 0.25) is 5.91 Å². The Hall–Kier alpha value is -2.12. The van der Waals surface area contributed by atoms with Crippen molar-refractivity contribution in [2.75, 3.05) is 27.3 Å². The summed E-state index contributed by atoms with van der Waals surface area (Å²) in [6.45, 7) is 1.73. The van der Waals surface area contributed by atoms with Gasteiger partial charge in [0.15, 0.2) is 11.5 Å². The molecule has 1 aliphatic heterocycles. The first-order valence-corrected chi connectivity index (χ1v) is 9.24. The summed E-state index contributed by atoms with van der Waals surface area (Å²) in [5.41, 5.74) is 1.73. The summed E-state index contributed by atoms with van der Waals surface area (Å²) in [4.78, 5) is 16.7. The van der Waals surface area contributed by atoms with E-state index in [-0.39, 0.29) is 5.91 Å². The van der Waals surface area contributed by atoms with Gasteiger partial charge in [-0.3, -0.25) is 4.79 Å². The van der Waals surface area contributed by atoms with Gasteiger partial charge < -0.3 is 20.1 Å². The minimum absolute atomic E-state index is 0.0119. The Kier molecular flexibility index (Phi) is 5.88. The molecule has 0 aliphatic carbocycles. The molecule has 1 fully saturated rings. The van der Waals surface area contributed by atoms with Crippen molar-refractivity contribution in [3.8, 4) is 22.1 Å². The van der Waals surface area contributed by atoms with E-state index in [1.165, 1.54) is 17.8 Å². The first-order valence-electron chi connectivity index (χ1n) is 8.36. The zero-order valence-corrected chi connectivity index (χ0v) is 15.3. The Labute approximate surface area is 151 Å². The van der Waals surface area contributed by atoms with Crippen LogP contribution in [-0.4, -0.2) is 44.2 Å². The van der Waals surface area contributed by atoms with E-state index < -0.39 is 0 Å². The lowest BCUT2D eigenvalue weighted by atomic mass is 10.2. The maximum atomic E-state index is 12.1. The lowest BCUT2D eigenvalue weighted by molar-refractivity contribution is -0.120. The Morgan fingerprint density at radius 3 is 2.92 bits per heavy atom. The van der Waals surface area contributed by atoms with E-state index in [1.807, 2.05) is 23.6 Å². The van der Waals surface area contributed by atoms with Gasteiger partial charge in [-0.15, -0.1) is 11.3 Å². The molecule has 2 N–H and O–H groups in total. The van der Waals surface area contributed by atoms with Gasteiger partial charge in [0.1, 0.15) is 5.01 Å². The first kappa shape index (κ1) is 17.7. The highest BCUT2D eigenvalue weighted by Crippen LogP contribution is 2.33. The maximum Gasteiger partial charge on any atom is 0.226 e. The number of methoxy groups -OCH3 is 2. The summed E-state index contributed by atoms with van der Waals surface area (Å²) in [6, 6.07) is 6.10. The molecule has 6 nitrogen and oxygen atoms in total. The number of hydrogen-bond donors (Lipinski definition) is 2. The monoisotopic (exact) mass is 361 g/mol. The molecule has 1 aromatic heterocycles. The summed E-state index contributed by atoms with van der Waals surface area (Å²) in [5.74, 6) is 1.36. The van der Waals surface area contributed by atoms with Crippen molar-refractivity contribution in [1.82, 2.24) is 15.6 Å². The van der Waals surface area contributed by atoms with Crippen LogP contribution in [0.1, 0.15) is 18.5 Å². The highest BCUT2D eigenvalue weighted by atomic mass is 32.1. The molecule has 1 atom stereocenters. The first-order chi connectivity index (χ1) is 12.2. The fourth-order valence-electron chi connectivity index (χ4n) is 2.88. The van der Waals surface area contributed by atoms with E-state index in [1.54, 1.807) is 14.2 Å². The largest absolute Gasteiger partial charge is 0.493 e. The third-order valence-corrected chi connectivity index (χ3v) is 5.17. The van der Waals surface area contributed by atoms with Crippen LogP contribution < -0.4 is 20.1 Å². The molecule has 1 aliphatic rings. The van der Waals surface area contributed by atoms with Gasteiger partial charge in [-0.25, -0.2) is 4.98 Å². The van der Waals surface area contributed by atoms with E-state index in [9.17, 15) is 4.79 Å². The van der Waals surface area contributed by atoms with Gasteiger partial charge in [-0.05, 0) is 37.6 Å². The standard InChI is InChI=1S/C18H23N3O3S/c1-23-15-6-5-12(8-16(15)24-2)18-21-14(11-25-18)9-17(22)20-10-13-4-3-7-19-13/h5-6,8,11,13,19H,3-4,7,9-10H2,1-2H3,(H,20,22). The fraction of sp³-hybridized carbons (Fsp3) is 0.444. The van der Waals surface area contributed by atoms with Gasteiger partial charge >= 0.3 is 0 Å². The molecular formula is C18H23N3O3S. The quantitative estimate of drug-likeness (QED) is 0.791. The van der Waals surface area contributed by atoms with E-state index in [4.69, 9.17) is 9.47 Å². The van der Waals surface area contributed by atoms with Gasteiger partial charge in [0.25, 0.3) is 0 Å². The lowest BCUT2D eigenvalue weighted by Gasteiger charge is -2.10. The topological polar surface area (TPSA) is 72.5 Å². The molecule has 2 heterocycles. The van der Waals surface area contributed by atoms with Crippen molar-refractivity contribution in [2.24, 2.45) is 0 Å². The van der Waals surface area contributed by atoms with Crippen molar-refractivity contribution in [3.05, 3.63) is 29.3 Å². The number of ether oxygens (including phenoxy) is 2. The molecule has 1 aromatic carbocycles. The zero-order chi connectivity index (χ0) is 17.6. The average molecular weight is 361 g/mol.